The molecule has 0 atom stereocenters. The van der Waals surface area contributed by atoms with E-state index in [0.717, 1.165) is 17.4 Å². The molecular weight excluding hydrogens is 293 g/mol. The molecule has 1 aromatic carbocycles. The molecule has 1 heterocycles. The summed E-state index contributed by atoms with van der Waals surface area (Å²) in [5.41, 5.74) is -0.329. The summed E-state index contributed by atoms with van der Waals surface area (Å²) < 4.78 is 44.1. The molecule has 0 bridgehead atoms. The molecule has 0 amide bonds. The average molecular weight is 302 g/mol. The maximum atomic E-state index is 13.5. The Morgan fingerprint density at radius 1 is 1.35 bits per heavy atom. The Morgan fingerprint density at radius 3 is 2.70 bits per heavy atom. The molecule has 0 unspecified atom stereocenters. The molecule has 0 spiro atoms. The second kappa shape index (κ2) is 5.49. The van der Waals surface area contributed by atoms with Crippen LogP contribution in [-0.2, 0) is 4.74 Å². The van der Waals surface area contributed by atoms with Crippen molar-refractivity contribution in [2.75, 3.05) is 12.4 Å². The van der Waals surface area contributed by atoms with Crippen molar-refractivity contribution in [2.24, 2.45) is 0 Å². The van der Waals surface area contributed by atoms with Crippen LogP contribution in [0.25, 0.3) is 0 Å². The van der Waals surface area contributed by atoms with E-state index in [4.69, 9.17) is 0 Å². The zero-order valence-electron chi connectivity index (χ0n) is 10.5. The Kier molecular flexibility index (Phi) is 3.93. The van der Waals surface area contributed by atoms with E-state index in [1.165, 1.54) is 7.11 Å². The highest BCUT2D eigenvalue weighted by atomic mass is 32.1. The Hall–Kier alpha value is -2.09. The minimum Gasteiger partial charge on any atom is -0.464 e. The van der Waals surface area contributed by atoms with Gasteiger partial charge < -0.3 is 10.1 Å². The molecule has 0 saturated heterocycles. The molecule has 0 aliphatic heterocycles. The Bertz CT molecular complexity index is 673. The number of methoxy groups -OCH3 is 1. The van der Waals surface area contributed by atoms with Crippen molar-refractivity contribution in [2.45, 2.75) is 6.92 Å². The van der Waals surface area contributed by atoms with Crippen molar-refractivity contribution in [3.63, 3.8) is 0 Å². The lowest BCUT2D eigenvalue weighted by molar-refractivity contribution is 0.0594. The number of nitrogens with zero attached hydrogens (tertiary/aromatic N) is 1. The lowest BCUT2D eigenvalue weighted by Gasteiger charge is -2.05. The van der Waals surface area contributed by atoms with Crippen LogP contribution in [0.5, 0.6) is 0 Å². The van der Waals surface area contributed by atoms with Gasteiger partial charge in [0.15, 0.2) is 22.5 Å². The molecule has 0 radical (unpaired) electrons. The number of ether oxygens (including phenoxy) is 1. The van der Waals surface area contributed by atoms with Gasteiger partial charge in [-0.1, -0.05) is 0 Å². The molecule has 20 heavy (non-hydrogen) atoms. The quantitative estimate of drug-likeness (QED) is 0.697. The van der Waals surface area contributed by atoms with E-state index in [9.17, 15) is 18.0 Å². The molecule has 0 saturated carbocycles. The number of benzene rings is 1. The van der Waals surface area contributed by atoms with E-state index in [-0.39, 0.29) is 10.8 Å². The summed E-state index contributed by atoms with van der Waals surface area (Å²) in [6.45, 7) is 1.62. The first-order chi connectivity index (χ1) is 9.42. The summed E-state index contributed by atoms with van der Waals surface area (Å²) in [5, 5.41) is 2.57. The maximum Gasteiger partial charge on any atom is 0.357 e. The normalized spacial score (nSPS) is 10.4. The first-order valence-electron chi connectivity index (χ1n) is 5.39. The number of carbonyl (C=O) groups excluding carboxylic acids is 1. The fourth-order valence-electron chi connectivity index (χ4n) is 1.50. The van der Waals surface area contributed by atoms with E-state index in [1.807, 2.05) is 0 Å². The largest absolute Gasteiger partial charge is 0.464 e. The van der Waals surface area contributed by atoms with Crippen molar-refractivity contribution in [1.29, 1.82) is 0 Å². The van der Waals surface area contributed by atoms with E-state index >= 15 is 0 Å². The molecule has 1 N–H and O–H groups in total. The lowest BCUT2D eigenvalue weighted by atomic mass is 10.3. The molecule has 2 aromatic rings. The topological polar surface area (TPSA) is 51.2 Å². The number of halogens is 3. The Balaban J connectivity index is 2.34. The van der Waals surface area contributed by atoms with E-state index in [2.05, 4.69) is 15.0 Å². The first kappa shape index (κ1) is 14.3. The number of hydrogen-bond acceptors (Lipinski definition) is 5. The number of aryl methyl sites for hydroxylation is 1. The number of anilines is 2. The summed E-state index contributed by atoms with van der Waals surface area (Å²) in [6, 6.07) is 1.24. The second-order valence-corrected chi connectivity index (χ2v) is 4.99. The smallest absolute Gasteiger partial charge is 0.357 e. The monoisotopic (exact) mass is 302 g/mol. The van der Waals surface area contributed by atoms with Gasteiger partial charge in [-0.25, -0.2) is 22.9 Å². The van der Waals surface area contributed by atoms with E-state index in [1.54, 1.807) is 6.92 Å². The zero-order chi connectivity index (χ0) is 14.9. The number of carbonyl (C=O) groups is 1. The van der Waals surface area contributed by atoms with Gasteiger partial charge in [0.05, 0.1) is 12.8 Å². The average Bonchev–Trinajstić information content (AvgIpc) is 2.75. The number of esters is 1. The van der Waals surface area contributed by atoms with Crippen LogP contribution in [0, 0.1) is 24.4 Å². The SMILES string of the molecule is COC(=O)c1nc(Nc2cc(F)cc(F)c2F)sc1C. The van der Waals surface area contributed by atoms with Crippen LogP contribution in [-0.4, -0.2) is 18.1 Å². The summed E-state index contributed by atoms with van der Waals surface area (Å²) >= 11 is 1.04. The highest BCUT2D eigenvalue weighted by molar-refractivity contribution is 7.15. The van der Waals surface area contributed by atoms with Crippen LogP contribution in [0.4, 0.5) is 24.0 Å². The van der Waals surface area contributed by atoms with Crippen molar-refractivity contribution in [3.05, 3.63) is 40.2 Å². The Morgan fingerprint density at radius 2 is 2.05 bits per heavy atom. The third kappa shape index (κ3) is 2.74. The third-order valence-corrected chi connectivity index (χ3v) is 3.30. The summed E-state index contributed by atoms with van der Waals surface area (Å²) in [6.07, 6.45) is 0. The molecule has 0 aliphatic carbocycles. The van der Waals surface area contributed by atoms with Gasteiger partial charge in [-0.05, 0) is 6.92 Å². The predicted octanol–water partition coefficient (Wildman–Crippen LogP) is 3.40. The van der Waals surface area contributed by atoms with Gasteiger partial charge >= 0.3 is 5.97 Å². The van der Waals surface area contributed by atoms with Gasteiger partial charge in [-0.3, -0.25) is 0 Å². The number of thiazole rings is 1. The maximum absolute atomic E-state index is 13.5. The molecule has 2 rings (SSSR count). The highest BCUT2D eigenvalue weighted by Crippen LogP contribution is 2.28. The van der Waals surface area contributed by atoms with Crippen molar-refractivity contribution < 1.29 is 22.7 Å². The number of nitrogens with one attached hydrogen (secondary N) is 1. The molecule has 4 nitrogen and oxygen atoms in total. The van der Waals surface area contributed by atoms with E-state index < -0.39 is 29.1 Å². The summed E-state index contributed by atoms with van der Waals surface area (Å²) in [4.78, 5) is 15.8. The molecule has 0 aliphatic rings. The Labute approximate surface area is 116 Å². The fourth-order valence-corrected chi connectivity index (χ4v) is 2.31. The van der Waals surface area contributed by atoms with E-state index in [0.29, 0.717) is 10.9 Å². The number of hydrogen-bond donors (Lipinski definition) is 1. The molecule has 1 aromatic heterocycles. The number of rotatable bonds is 3. The molecular formula is C12H9F3N2O2S. The second-order valence-electron chi connectivity index (χ2n) is 3.79. The number of aromatic nitrogens is 1. The molecule has 106 valence electrons. The minimum atomic E-state index is -1.31. The zero-order valence-corrected chi connectivity index (χ0v) is 11.3. The van der Waals surface area contributed by atoms with Gasteiger partial charge in [0.25, 0.3) is 0 Å². The van der Waals surface area contributed by atoms with Crippen LogP contribution < -0.4 is 5.32 Å². The lowest BCUT2D eigenvalue weighted by Crippen LogP contribution is -2.04. The standard InChI is InChI=1S/C12H9F3N2O2S/c1-5-10(11(18)19-2)17-12(20-5)16-8-4-6(13)3-7(14)9(8)15/h3-4H,1-2H3,(H,16,17). The minimum absolute atomic E-state index is 0.0669. The van der Waals surface area contributed by atoms with Gasteiger partial charge in [0, 0.05) is 17.0 Å². The van der Waals surface area contributed by atoms with Crippen molar-refractivity contribution in [1.82, 2.24) is 4.98 Å². The van der Waals surface area contributed by atoms with Crippen LogP contribution in [0.2, 0.25) is 0 Å². The predicted molar refractivity (Wildman–Crippen MR) is 67.8 cm³/mol. The highest BCUT2D eigenvalue weighted by Gasteiger charge is 2.18. The van der Waals surface area contributed by atoms with Crippen LogP contribution in [0.3, 0.4) is 0 Å². The fraction of sp³-hybridized carbons (Fsp3) is 0.167. The van der Waals surface area contributed by atoms with Crippen molar-refractivity contribution in [3.8, 4) is 0 Å². The molecule has 8 heteroatoms. The van der Waals surface area contributed by atoms with Crippen LogP contribution >= 0.6 is 11.3 Å². The van der Waals surface area contributed by atoms with Crippen LogP contribution in [0.15, 0.2) is 12.1 Å². The van der Waals surface area contributed by atoms with Crippen LogP contribution in [0.1, 0.15) is 15.4 Å². The van der Waals surface area contributed by atoms with Gasteiger partial charge in [-0.15, -0.1) is 11.3 Å². The van der Waals surface area contributed by atoms with Gasteiger partial charge in [0.2, 0.25) is 0 Å². The first-order valence-corrected chi connectivity index (χ1v) is 6.21. The van der Waals surface area contributed by atoms with Crippen molar-refractivity contribution >= 4 is 28.1 Å². The summed E-state index contributed by atoms with van der Waals surface area (Å²) in [5.74, 6) is -4.10. The van der Waals surface area contributed by atoms with Gasteiger partial charge in [-0.2, -0.15) is 0 Å². The molecule has 0 fully saturated rings. The van der Waals surface area contributed by atoms with Gasteiger partial charge in [0.1, 0.15) is 5.82 Å². The summed E-state index contributed by atoms with van der Waals surface area (Å²) in [7, 11) is 1.20. The third-order valence-electron chi connectivity index (χ3n) is 2.41.